The molecule has 0 aliphatic heterocycles. The van der Waals surface area contributed by atoms with Gasteiger partial charge < -0.3 is 11.1 Å². The van der Waals surface area contributed by atoms with Crippen LogP contribution in [0, 0.1) is 24.1 Å². The highest BCUT2D eigenvalue weighted by Crippen LogP contribution is 2.26. The second-order valence-corrected chi connectivity index (χ2v) is 4.11. The number of halogens is 2. The molecule has 0 atom stereocenters. The molecule has 2 rings (SSSR count). The van der Waals surface area contributed by atoms with Crippen LogP contribution in [0.15, 0.2) is 18.2 Å². The molecule has 1 heterocycles. The van der Waals surface area contributed by atoms with Crippen molar-refractivity contribution in [2.75, 3.05) is 11.1 Å². The minimum absolute atomic E-state index is 0.0369. The monoisotopic (exact) mass is 277 g/mol. The number of nitrogens with two attached hydrogens (primary N) is 1. The second-order valence-electron chi connectivity index (χ2n) is 3.77. The number of anilines is 3. The molecule has 0 unspecified atom stereocenters. The van der Waals surface area contributed by atoms with Gasteiger partial charge in [0.25, 0.3) is 0 Å². The van der Waals surface area contributed by atoms with Crippen molar-refractivity contribution in [3.8, 4) is 6.07 Å². The highest BCUT2D eigenvalue weighted by molar-refractivity contribution is 6.28. The molecule has 0 radical (unpaired) electrons. The third-order valence-electron chi connectivity index (χ3n) is 2.46. The number of aromatic nitrogens is 2. The van der Waals surface area contributed by atoms with Gasteiger partial charge in [0.1, 0.15) is 11.9 Å². The van der Waals surface area contributed by atoms with Gasteiger partial charge in [-0.1, -0.05) is 0 Å². The fourth-order valence-electron chi connectivity index (χ4n) is 1.49. The summed E-state index contributed by atoms with van der Waals surface area (Å²) in [5.41, 5.74) is 7.19. The van der Waals surface area contributed by atoms with E-state index in [1.807, 2.05) is 6.07 Å². The van der Waals surface area contributed by atoms with Crippen molar-refractivity contribution in [2.24, 2.45) is 0 Å². The first-order chi connectivity index (χ1) is 9.01. The van der Waals surface area contributed by atoms with Crippen LogP contribution in [-0.2, 0) is 0 Å². The third kappa shape index (κ3) is 2.72. The summed E-state index contributed by atoms with van der Waals surface area (Å²) < 4.78 is 13.0. The van der Waals surface area contributed by atoms with Crippen molar-refractivity contribution in [3.63, 3.8) is 0 Å². The number of hydrogen-bond donors (Lipinski definition) is 2. The van der Waals surface area contributed by atoms with E-state index in [1.165, 1.54) is 12.1 Å². The summed E-state index contributed by atoms with van der Waals surface area (Å²) in [6, 6.07) is 5.67. The van der Waals surface area contributed by atoms with Crippen molar-refractivity contribution in [1.29, 1.82) is 5.26 Å². The molecule has 0 bridgehead atoms. The number of nitrogens with one attached hydrogen (secondary N) is 1. The van der Waals surface area contributed by atoms with Gasteiger partial charge in [0.05, 0.1) is 22.6 Å². The fourth-order valence-corrected chi connectivity index (χ4v) is 1.70. The molecule has 2 aromatic rings. The lowest BCUT2D eigenvalue weighted by Gasteiger charge is -2.11. The Morgan fingerprint density at radius 1 is 1.42 bits per heavy atom. The molecule has 3 N–H and O–H groups in total. The van der Waals surface area contributed by atoms with E-state index in [9.17, 15) is 4.39 Å². The number of nitrogens with zero attached hydrogens (tertiary/aromatic N) is 3. The molecule has 0 fully saturated rings. The quantitative estimate of drug-likeness (QED) is 0.824. The Balaban J connectivity index is 2.45. The van der Waals surface area contributed by atoms with Crippen LogP contribution in [0.3, 0.4) is 0 Å². The molecular formula is C12H9ClFN5. The lowest BCUT2D eigenvalue weighted by molar-refractivity contribution is 0.627. The highest BCUT2D eigenvalue weighted by atomic mass is 35.5. The second kappa shape index (κ2) is 5.08. The maximum Gasteiger partial charge on any atom is 0.224 e. The van der Waals surface area contributed by atoms with Gasteiger partial charge >= 0.3 is 0 Å². The van der Waals surface area contributed by atoms with E-state index in [2.05, 4.69) is 15.3 Å². The zero-order valence-electron chi connectivity index (χ0n) is 9.91. The van der Waals surface area contributed by atoms with Crippen molar-refractivity contribution in [1.82, 2.24) is 9.97 Å². The number of nitrogen functional groups attached to an aromatic ring is 1. The van der Waals surface area contributed by atoms with Gasteiger partial charge in [-0.2, -0.15) is 10.2 Å². The smallest absolute Gasteiger partial charge is 0.224 e. The molecular weight excluding hydrogens is 269 g/mol. The lowest BCUT2D eigenvalue weighted by Crippen LogP contribution is -2.04. The molecule has 96 valence electrons. The SMILES string of the molecule is Cc1nc(Cl)nc(Nc2ccc(F)cc2C#N)c1N. The minimum Gasteiger partial charge on any atom is -0.394 e. The van der Waals surface area contributed by atoms with E-state index in [-0.39, 0.29) is 16.7 Å². The Morgan fingerprint density at radius 2 is 2.16 bits per heavy atom. The minimum atomic E-state index is -0.494. The number of nitriles is 1. The first-order valence-electron chi connectivity index (χ1n) is 5.27. The largest absolute Gasteiger partial charge is 0.394 e. The number of aryl methyl sites for hydroxylation is 1. The van der Waals surface area contributed by atoms with E-state index in [1.54, 1.807) is 6.92 Å². The summed E-state index contributed by atoms with van der Waals surface area (Å²) in [6.07, 6.45) is 0. The summed E-state index contributed by atoms with van der Waals surface area (Å²) in [7, 11) is 0. The maximum atomic E-state index is 13.0. The number of rotatable bonds is 2. The number of benzene rings is 1. The molecule has 0 amide bonds. The molecule has 5 nitrogen and oxygen atoms in total. The van der Waals surface area contributed by atoms with Crippen LogP contribution in [0.2, 0.25) is 5.28 Å². The Labute approximate surface area is 113 Å². The molecule has 1 aromatic carbocycles. The summed E-state index contributed by atoms with van der Waals surface area (Å²) in [4.78, 5) is 7.84. The normalized spacial score (nSPS) is 10.0. The Morgan fingerprint density at radius 3 is 2.84 bits per heavy atom. The predicted molar refractivity (Wildman–Crippen MR) is 70.6 cm³/mol. The van der Waals surface area contributed by atoms with Crippen LogP contribution < -0.4 is 11.1 Å². The Kier molecular flexibility index (Phi) is 3.49. The summed E-state index contributed by atoms with van der Waals surface area (Å²) in [5.74, 6) is -0.215. The van der Waals surface area contributed by atoms with Gasteiger partial charge in [-0.3, -0.25) is 0 Å². The predicted octanol–water partition coefficient (Wildman–Crippen LogP) is 2.77. The van der Waals surface area contributed by atoms with Crippen LogP contribution in [0.5, 0.6) is 0 Å². The van der Waals surface area contributed by atoms with Crippen LogP contribution >= 0.6 is 11.6 Å². The first kappa shape index (κ1) is 13.1. The molecule has 0 aliphatic rings. The molecule has 0 saturated carbocycles. The van der Waals surface area contributed by atoms with Gasteiger partial charge in [0.2, 0.25) is 5.28 Å². The Bertz CT molecular complexity index is 681. The van der Waals surface area contributed by atoms with Gasteiger partial charge in [-0.05, 0) is 36.7 Å². The van der Waals surface area contributed by atoms with E-state index in [4.69, 9.17) is 22.6 Å². The van der Waals surface area contributed by atoms with Gasteiger partial charge in [-0.15, -0.1) is 0 Å². The van der Waals surface area contributed by atoms with Crippen LogP contribution in [0.25, 0.3) is 0 Å². The molecule has 19 heavy (non-hydrogen) atoms. The standard InChI is InChI=1S/C12H9ClFN5/c1-6-10(16)11(19-12(13)17-6)18-9-3-2-8(14)4-7(9)5-15/h2-4H,16H2,1H3,(H,17,18,19). The zero-order chi connectivity index (χ0) is 14.0. The van der Waals surface area contributed by atoms with Crippen molar-refractivity contribution < 1.29 is 4.39 Å². The average Bonchev–Trinajstić information content (AvgIpc) is 2.37. The third-order valence-corrected chi connectivity index (χ3v) is 2.63. The molecule has 1 aromatic heterocycles. The maximum absolute atomic E-state index is 13.0. The molecule has 0 saturated heterocycles. The topological polar surface area (TPSA) is 87.6 Å². The summed E-state index contributed by atoms with van der Waals surface area (Å²) >= 11 is 5.74. The van der Waals surface area contributed by atoms with Crippen LogP contribution in [-0.4, -0.2) is 9.97 Å². The van der Waals surface area contributed by atoms with Crippen molar-refractivity contribution >= 4 is 28.8 Å². The van der Waals surface area contributed by atoms with Crippen molar-refractivity contribution in [2.45, 2.75) is 6.92 Å². The van der Waals surface area contributed by atoms with E-state index >= 15 is 0 Å². The molecule has 0 spiro atoms. The fraction of sp³-hybridized carbons (Fsp3) is 0.0833. The van der Waals surface area contributed by atoms with E-state index in [0.29, 0.717) is 17.1 Å². The number of hydrogen-bond acceptors (Lipinski definition) is 5. The highest BCUT2D eigenvalue weighted by Gasteiger charge is 2.10. The van der Waals surface area contributed by atoms with Crippen LogP contribution in [0.4, 0.5) is 21.6 Å². The van der Waals surface area contributed by atoms with Crippen molar-refractivity contribution in [3.05, 3.63) is 40.6 Å². The van der Waals surface area contributed by atoms with Gasteiger partial charge in [0, 0.05) is 0 Å². The van der Waals surface area contributed by atoms with Gasteiger partial charge in [-0.25, -0.2) is 9.37 Å². The first-order valence-corrected chi connectivity index (χ1v) is 5.65. The summed E-state index contributed by atoms with van der Waals surface area (Å²) in [6.45, 7) is 1.68. The molecule has 7 heteroatoms. The zero-order valence-corrected chi connectivity index (χ0v) is 10.7. The van der Waals surface area contributed by atoms with Gasteiger partial charge in [0.15, 0.2) is 5.82 Å². The molecule has 0 aliphatic carbocycles. The van der Waals surface area contributed by atoms with E-state index in [0.717, 1.165) is 6.07 Å². The van der Waals surface area contributed by atoms with E-state index < -0.39 is 5.82 Å². The summed E-state index contributed by atoms with van der Waals surface area (Å²) in [5, 5.41) is 11.8. The average molecular weight is 278 g/mol. The lowest BCUT2D eigenvalue weighted by atomic mass is 10.2. The van der Waals surface area contributed by atoms with Crippen LogP contribution in [0.1, 0.15) is 11.3 Å². The Hall–Kier alpha value is -2.39.